The molecule has 16 nitrogen and oxygen atoms in total. The van der Waals surface area contributed by atoms with Crippen LogP contribution in [0.4, 0.5) is 9.59 Å². The van der Waals surface area contributed by atoms with Crippen molar-refractivity contribution in [2.75, 3.05) is 39.5 Å². The molecule has 0 aromatic carbocycles. The molecule has 0 unspecified atom stereocenters. The Morgan fingerprint density at radius 2 is 1.05 bits per heavy atom. The van der Waals surface area contributed by atoms with Gasteiger partial charge in [0, 0.05) is 50.2 Å². The van der Waals surface area contributed by atoms with Crippen molar-refractivity contribution >= 4 is 12.2 Å². The van der Waals surface area contributed by atoms with E-state index in [2.05, 4.69) is 10.6 Å². The molecule has 2 aromatic rings. The monoisotopic (exact) mass is 556 g/mol. The number of nitrogens with one attached hydrogen (secondary N) is 2. The van der Waals surface area contributed by atoms with Gasteiger partial charge in [0.2, 0.25) is 23.5 Å². The summed E-state index contributed by atoms with van der Waals surface area (Å²) in [6, 6.07) is 4.73. The predicted molar refractivity (Wildman–Crippen MR) is 128 cm³/mol. The summed E-state index contributed by atoms with van der Waals surface area (Å²) in [6.07, 6.45) is -0.406. The highest BCUT2D eigenvalue weighted by atomic mass is 16.7. The zero-order chi connectivity index (χ0) is 27.8. The van der Waals surface area contributed by atoms with Gasteiger partial charge in [-0.25, -0.2) is 9.59 Å². The van der Waals surface area contributed by atoms with Gasteiger partial charge in [0.1, 0.15) is 0 Å². The van der Waals surface area contributed by atoms with Crippen LogP contribution in [-0.4, -0.2) is 94.2 Å². The molecule has 2 aliphatic rings. The first-order chi connectivity index (χ1) is 18.7. The van der Waals surface area contributed by atoms with Crippen molar-refractivity contribution in [3.63, 3.8) is 0 Å². The van der Waals surface area contributed by atoms with Gasteiger partial charge in [-0.05, 0) is 12.8 Å². The van der Waals surface area contributed by atoms with E-state index in [1.165, 1.54) is 24.3 Å². The Morgan fingerprint density at radius 3 is 1.38 bits per heavy atom. The minimum atomic E-state index is -0.833. The Kier molecular flexibility index (Phi) is 9.23. The molecule has 2 fully saturated rings. The SMILES string of the molecule is O=C(NCCCC1OCC2(CO1)COC(CCCNC(=O)On1c(O)ccc1O)OC2)On1c(O)ccc1O. The fourth-order valence-electron chi connectivity index (χ4n) is 3.90. The fraction of sp³-hybridized carbons (Fsp3) is 0.565. The van der Waals surface area contributed by atoms with Crippen molar-refractivity contribution in [2.45, 2.75) is 38.3 Å². The maximum Gasteiger partial charge on any atom is 0.432 e. The standard InChI is InChI=1S/C23H32N4O12/c28-15-5-6-16(29)26(15)38-21(32)24-9-1-3-19-34-11-23(12-35-19)13-36-20(37-14-23)4-2-10-25-22(33)39-27-17(30)7-8-18(27)31/h5-8,19-20,28-31H,1-4,9-14H2,(H,24,32)(H,25,33). The molecule has 0 radical (unpaired) electrons. The highest BCUT2D eigenvalue weighted by Gasteiger charge is 2.41. The van der Waals surface area contributed by atoms with Gasteiger partial charge in [-0.15, -0.1) is 9.46 Å². The van der Waals surface area contributed by atoms with Gasteiger partial charge in [-0.1, -0.05) is 0 Å². The van der Waals surface area contributed by atoms with E-state index >= 15 is 0 Å². The third-order valence-corrected chi connectivity index (χ3v) is 6.02. The number of hydrogen-bond acceptors (Lipinski definition) is 12. The minimum absolute atomic E-state index is 0.272. The van der Waals surface area contributed by atoms with Gasteiger partial charge in [0.15, 0.2) is 12.6 Å². The number of nitrogens with zero attached hydrogens (tertiary/aromatic N) is 2. The lowest BCUT2D eigenvalue weighted by atomic mass is 9.90. The van der Waals surface area contributed by atoms with Crippen molar-refractivity contribution in [1.82, 2.24) is 20.1 Å². The van der Waals surface area contributed by atoms with Crippen LogP contribution in [0.25, 0.3) is 0 Å². The fourth-order valence-corrected chi connectivity index (χ4v) is 3.90. The van der Waals surface area contributed by atoms with E-state index in [0.717, 1.165) is 0 Å². The average molecular weight is 557 g/mol. The lowest BCUT2D eigenvalue weighted by Gasteiger charge is -2.43. The summed E-state index contributed by atoms with van der Waals surface area (Å²) in [5, 5.41) is 42.9. The van der Waals surface area contributed by atoms with Crippen molar-refractivity contribution in [3.05, 3.63) is 24.3 Å². The van der Waals surface area contributed by atoms with Crippen LogP contribution in [-0.2, 0) is 18.9 Å². The maximum absolute atomic E-state index is 11.8. The molecule has 2 saturated heterocycles. The minimum Gasteiger partial charge on any atom is -0.492 e. The second-order valence-corrected chi connectivity index (χ2v) is 9.19. The molecule has 2 amide bonds. The summed E-state index contributed by atoms with van der Waals surface area (Å²) in [5.41, 5.74) is -0.418. The normalized spacial score (nSPS) is 22.9. The van der Waals surface area contributed by atoms with Crippen LogP contribution in [0.15, 0.2) is 24.3 Å². The molecule has 0 bridgehead atoms. The Labute approximate surface area is 222 Å². The maximum atomic E-state index is 11.8. The van der Waals surface area contributed by atoms with E-state index in [9.17, 15) is 30.0 Å². The van der Waals surface area contributed by atoms with E-state index < -0.39 is 53.7 Å². The third kappa shape index (κ3) is 7.60. The first-order valence-corrected chi connectivity index (χ1v) is 12.3. The molecule has 2 aromatic heterocycles. The number of aromatic nitrogens is 2. The summed E-state index contributed by atoms with van der Waals surface area (Å²) in [5.74, 6) is -1.63. The molecule has 216 valence electrons. The number of rotatable bonds is 10. The number of carbonyl (C=O) groups excluding carboxylic acids is 2. The summed E-state index contributed by atoms with van der Waals surface area (Å²) < 4.78 is 24.5. The first kappa shape index (κ1) is 28.2. The third-order valence-electron chi connectivity index (χ3n) is 6.02. The van der Waals surface area contributed by atoms with Crippen LogP contribution < -0.4 is 20.3 Å². The van der Waals surface area contributed by atoms with E-state index in [1.54, 1.807) is 0 Å². The van der Waals surface area contributed by atoms with Crippen LogP contribution in [0, 0.1) is 5.41 Å². The zero-order valence-electron chi connectivity index (χ0n) is 21.0. The summed E-state index contributed by atoms with van der Waals surface area (Å²) >= 11 is 0. The van der Waals surface area contributed by atoms with Crippen molar-refractivity contribution in [3.8, 4) is 23.5 Å². The quantitative estimate of drug-likeness (QED) is 0.220. The molecular formula is C23H32N4O12. The molecular weight excluding hydrogens is 524 g/mol. The highest BCUT2D eigenvalue weighted by molar-refractivity contribution is 5.68. The van der Waals surface area contributed by atoms with Crippen LogP contribution in [0.1, 0.15) is 25.7 Å². The Hall–Kier alpha value is -3.86. The molecule has 16 heteroatoms. The van der Waals surface area contributed by atoms with Crippen molar-refractivity contribution < 1.29 is 58.6 Å². The van der Waals surface area contributed by atoms with Crippen LogP contribution in [0.5, 0.6) is 23.5 Å². The van der Waals surface area contributed by atoms with E-state index in [1.807, 2.05) is 0 Å². The molecule has 4 rings (SSSR count). The second kappa shape index (κ2) is 12.8. The summed E-state index contributed by atoms with van der Waals surface area (Å²) in [7, 11) is 0. The van der Waals surface area contributed by atoms with E-state index in [0.29, 0.717) is 61.6 Å². The molecule has 39 heavy (non-hydrogen) atoms. The Morgan fingerprint density at radius 1 is 0.718 bits per heavy atom. The lowest BCUT2D eigenvalue weighted by molar-refractivity contribution is -0.304. The van der Waals surface area contributed by atoms with Gasteiger partial charge in [0.05, 0.1) is 31.8 Å². The number of ether oxygens (including phenoxy) is 4. The Bertz CT molecular complexity index is 974. The van der Waals surface area contributed by atoms with Crippen LogP contribution in [0.2, 0.25) is 0 Å². The van der Waals surface area contributed by atoms with Crippen molar-refractivity contribution in [1.29, 1.82) is 0 Å². The van der Waals surface area contributed by atoms with E-state index in [-0.39, 0.29) is 13.1 Å². The van der Waals surface area contributed by atoms with Gasteiger partial charge in [0.25, 0.3) is 0 Å². The largest absolute Gasteiger partial charge is 0.492 e. The van der Waals surface area contributed by atoms with Crippen LogP contribution >= 0.6 is 0 Å². The van der Waals surface area contributed by atoms with Gasteiger partial charge >= 0.3 is 12.2 Å². The van der Waals surface area contributed by atoms with E-state index in [4.69, 9.17) is 28.6 Å². The first-order valence-electron chi connectivity index (χ1n) is 12.3. The smallest absolute Gasteiger partial charge is 0.432 e. The molecule has 4 heterocycles. The number of carbonyl (C=O) groups is 2. The number of aromatic hydroxyl groups is 4. The Balaban J connectivity index is 1.04. The number of amides is 2. The van der Waals surface area contributed by atoms with Gasteiger partial charge in [-0.3, -0.25) is 0 Å². The van der Waals surface area contributed by atoms with Gasteiger partial charge in [-0.2, -0.15) is 0 Å². The zero-order valence-corrected chi connectivity index (χ0v) is 21.0. The molecule has 2 aliphatic heterocycles. The number of hydrogen-bond donors (Lipinski definition) is 6. The molecule has 6 N–H and O–H groups in total. The molecule has 0 aliphatic carbocycles. The average Bonchev–Trinajstić information content (AvgIpc) is 3.41. The van der Waals surface area contributed by atoms with Crippen molar-refractivity contribution in [2.24, 2.45) is 5.41 Å². The summed E-state index contributed by atoms with van der Waals surface area (Å²) in [6.45, 7) is 2.09. The van der Waals surface area contributed by atoms with Crippen LogP contribution in [0.3, 0.4) is 0 Å². The van der Waals surface area contributed by atoms with Gasteiger partial charge < -0.3 is 59.7 Å². The summed E-state index contributed by atoms with van der Waals surface area (Å²) in [4.78, 5) is 33.1. The molecule has 0 saturated carbocycles. The second-order valence-electron chi connectivity index (χ2n) is 9.19. The molecule has 0 atom stereocenters. The topological polar surface area (TPSA) is 204 Å². The highest BCUT2D eigenvalue weighted by Crippen LogP contribution is 2.32. The lowest BCUT2D eigenvalue weighted by Crippen LogP contribution is -2.52. The predicted octanol–water partition coefficient (Wildman–Crippen LogP) is 0.381. The molecule has 1 spiro atoms.